The lowest BCUT2D eigenvalue weighted by Gasteiger charge is -2.26. The van der Waals surface area contributed by atoms with Gasteiger partial charge in [-0.1, -0.05) is 25.1 Å². The van der Waals surface area contributed by atoms with Gasteiger partial charge < -0.3 is 19.2 Å². The van der Waals surface area contributed by atoms with Crippen LogP contribution in [0.3, 0.4) is 0 Å². The largest absolute Gasteiger partial charge is 0.385 e. The Hall–Kier alpha value is -2.45. The number of aliphatic imine (C=N–C) groups is 1. The van der Waals surface area contributed by atoms with Crippen molar-refractivity contribution in [1.82, 2.24) is 14.7 Å². The molecular weight excluding hydrogens is 418 g/mol. The minimum absolute atomic E-state index is 0.265. The predicted molar refractivity (Wildman–Crippen MR) is 135 cm³/mol. The maximum Gasteiger partial charge on any atom is 0.221 e. The molecule has 0 radical (unpaired) electrons. The Balaban J connectivity index is 2.11. The van der Waals surface area contributed by atoms with Gasteiger partial charge in [0.25, 0.3) is 0 Å². The van der Waals surface area contributed by atoms with E-state index in [2.05, 4.69) is 45.7 Å². The lowest BCUT2D eigenvalue weighted by molar-refractivity contribution is 0.0635. The van der Waals surface area contributed by atoms with Crippen LogP contribution in [0.5, 0.6) is 0 Å². The van der Waals surface area contributed by atoms with E-state index in [0.717, 1.165) is 81.4 Å². The number of oxime groups is 1. The van der Waals surface area contributed by atoms with Crippen LogP contribution >= 0.6 is 0 Å². The van der Waals surface area contributed by atoms with Gasteiger partial charge in [0.1, 0.15) is 5.69 Å². The minimum Gasteiger partial charge on any atom is -0.385 e. The van der Waals surface area contributed by atoms with Gasteiger partial charge in [-0.05, 0) is 58.1 Å². The summed E-state index contributed by atoms with van der Waals surface area (Å²) in [7, 11) is 1.73. The van der Waals surface area contributed by atoms with E-state index in [1.54, 1.807) is 19.5 Å². The first-order valence-electron chi connectivity index (χ1n) is 12.1. The fourth-order valence-corrected chi connectivity index (χ4v) is 3.83. The Morgan fingerprint density at radius 3 is 2.61 bits per heavy atom. The molecule has 0 aliphatic carbocycles. The van der Waals surface area contributed by atoms with Gasteiger partial charge in [0, 0.05) is 46.2 Å². The molecule has 1 aromatic rings. The van der Waals surface area contributed by atoms with Crippen LogP contribution in [0.4, 0.5) is 5.69 Å². The Kier molecular flexibility index (Phi) is 12.5. The number of hydrogen-bond donors (Lipinski definition) is 0. The standard InChI is InChI=1S/C25H41N5O3/c1-6-11-23-25(21(4)28-30(23)22(8-3)13-20-31-5)26-14-15-27-33-24(12-7-2)29-16-9-18-32-19-10-17-29/h6,11-12,14-15,22H,7-10,13,16-20H2,1-5H3/b11-6+,24-12-,26-14?,27-15+. The molecule has 8 heteroatoms. The zero-order valence-electron chi connectivity index (χ0n) is 21.0. The molecule has 0 N–H and O–H groups in total. The van der Waals surface area contributed by atoms with Crippen LogP contribution in [0.25, 0.3) is 6.08 Å². The van der Waals surface area contributed by atoms with E-state index in [4.69, 9.17) is 19.4 Å². The topological polar surface area (TPSA) is 73.5 Å². The number of methoxy groups -OCH3 is 1. The maximum atomic E-state index is 5.75. The molecule has 0 bridgehead atoms. The number of ether oxygens (including phenoxy) is 2. The number of hydrogen-bond acceptors (Lipinski definition) is 7. The normalized spacial score (nSPS) is 17.2. The quantitative estimate of drug-likeness (QED) is 0.241. The molecular formula is C25H41N5O3. The average molecular weight is 460 g/mol. The second-order valence-electron chi connectivity index (χ2n) is 7.99. The van der Waals surface area contributed by atoms with Crippen molar-refractivity contribution < 1.29 is 14.3 Å². The second kappa shape index (κ2) is 15.4. The van der Waals surface area contributed by atoms with Gasteiger partial charge in [0.05, 0.1) is 23.6 Å². The summed E-state index contributed by atoms with van der Waals surface area (Å²) in [5.41, 5.74) is 2.74. The Labute approximate surface area is 199 Å². The Morgan fingerprint density at radius 2 is 1.97 bits per heavy atom. The average Bonchev–Trinajstić information content (AvgIpc) is 3.09. The summed E-state index contributed by atoms with van der Waals surface area (Å²) < 4.78 is 12.9. The summed E-state index contributed by atoms with van der Waals surface area (Å²) in [6.07, 6.45) is 14.1. The highest BCUT2D eigenvalue weighted by atomic mass is 16.6. The zero-order valence-corrected chi connectivity index (χ0v) is 21.0. The molecule has 2 rings (SSSR count). The molecule has 1 atom stereocenters. The summed E-state index contributed by atoms with van der Waals surface area (Å²) in [4.78, 5) is 12.6. The van der Waals surface area contributed by atoms with Crippen molar-refractivity contribution >= 4 is 24.2 Å². The third-order valence-corrected chi connectivity index (χ3v) is 5.49. The van der Waals surface area contributed by atoms with Crippen LogP contribution in [0.15, 0.2) is 28.2 Å². The number of rotatable bonds is 12. The predicted octanol–water partition coefficient (Wildman–Crippen LogP) is 5.28. The van der Waals surface area contributed by atoms with E-state index in [1.807, 2.05) is 19.9 Å². The van der Waals surface area contributed by atoms with Crippen molar-refractivity contribution in [1.29, 1.82) is 0 Å². The highest BCUT2D eigenvalue weighted by molar-refractivity contribution is 6.16. The molecule has 0 saturated carbocycles. The van der Waals surface area contributed by atoms with Crippen molar-refractivity contribution in [3.63, 3.8) is 0 Å². The zero-order chi connectivity index (χ0) is 23.9. The van der Waals surface area contributed by atoms with Crippen molar-refractivity contribution in [2.45, 2.75) is 65.8 Å². The van der Waals surface area contributed by atoms with Crippen molar-refractivity contribution in [2.24, 2.45) is 10.1 Å². The van der Waals surface area contributed by atoms with Crippen LogP contribution in [-0.2, 0) is 14.3 Å². The van der Waals surface area contributed by atoms with Gasteiger partial charge >= 0.3 is 0 Å². The van der Waals surface area contributed by atoms with E-state index in [1.165, 1.54) is 0 Å². The summed E-state index contributed by atoms with van der Waals surface area (Å²) in [6.45, 7) is 12.4. The van der Waals surface area contributed by atoms with Crippen LogP contribution in [0.2, 0.25) is 0 Å². The minimum atomic E-state index is 0.265. The summed E-state index contributed by atoms with van der Waals surface area (Å²) >= 11 is 0. The second-order valence-corrected chi connectivity index (χ2v) is 7.99. The number of aromatic nitrogens is 2. The van der Waals surface area contributed by atoms with Gasteiger partial charge in [-0.25, -0.2) is 0 Å². The first-order valence-corrected chi connectivity index (χ1v) is 12.1. The van der Waals surface area contributed by atoms with Crippen LogP contribution in [0.1, 0.15) is 70.3 Å². The highest BCUT2D eigenvalue weighted by Gasteiger charge is 2.18. The molecule has 1 aromatic heterocycles. The van der Waals surface area contributed by atoms with Gasteiger partial charge in [0.2, 0.25) is 5.88 Å². The molecule has 0 spiro atoms. The summed E-state index contributed by atoms with van der Waals surface area (Å²) in [6, 6.07) is 0.265. The van der Waals surface area contributed by atoms with Gasteiger partial charge in [0.15, 0.2) is 0 Å². The van der Waals surface area contributed by atoms with Crippen molar-refractivity contribution in [2.75, 3.05) is 40.0 Å². The number of allylic oxidation sites excluding steroid dienone is 2. The fraction of sp³-hybridized carbons (Fsp3) is 0.640. The first kappa shape index (κ1) is 26.8. The SMILES string of the molecule is C/C=C/c1c(N=C/C=N/O/C(=C\CC)N2CCCOCCC2)c(C)nn1C(CC)CCOC. The molecule has 0 aromatic carbocycles. The van der Waals surface area contributed by atoms with Crippen molar-refractivity contribution in [3.05, 3.63) is 29.4 Å². The molecule has 8 nitrogen and oxygen atoms in total. The van der Waals surface area contributed by atoms with E-state index in [0.29, 0.717) is 6.61 Å². The van der Waals surface area contributed by atoms with E-state index in [-0.39, 0.29) is 6.04 Å². The molecule has 0 amide bonds. The van der Waals surface area contributed by atoms with Crippen molar-refractivity contribution in [3.8, 4) is 0 Å². The molecule has 184 valence electrons. The molecule has 33 heavy (non-hydrogen) atoms. The lowest BCUT2D eigenvalue weighted by Crippen LogP contribution is -2.29. The molecule has 2 heterocycles. The summed E-state index contributed by atoms with van der Waals surface area (Å²) in [5.74, 6) is 0.798. The Morgan fingerprint density at radius 1 is 1.21 bits per heavy atom. The summed E-state index contributed by atoms with van der Waals surface area (Å²) in [5, 5.41) is 8.94. The third kappa shape index (κ3) is 8.44. The molecule has 1 fully saturated rings. The van der Waals surface area contributed by atoms with E-state index < -0.39 is 0 Å². The molecule has 1 aliphatic heterocycles. The van der Waals surface area contributed by atoms with Gasteiger partial charge in [-0.15, -0.1) is 0 Å². The monoisotopic (exact) mass is 459 g/mol. The molecule has 1 aliphatic rings. The van der Waals surface area contributed by atoms with E-state index >= 15 is 0 Å². The Bertz CT molecular complexity index is 805. The number of aryl methyl sites for hydroxylation is 1. The fourth-order valence-electron chi connectivity index (χ4n) is 3.83. The highest BCUT2D eigenvalue weighted by Crippen LogP contribution is 2.29. The third-order valence-electron chi connectivity index (χ3n) is 5.49. The van der Waals surface area contributed by atoms with Gasteiger partial charge in [-0.3, -0.25) is 9.67 Å². The van der Waals surface area contributed by atoms with Gasteiger partial charge in [-0.2, -0.15) is 5.10 Å². The van der Waals surface area contributed by atoms with E-state index in [9.17, 15) is 0 Å². The number of nitrogens with zero attached hydrogens (tertiary/aromatic N) is 5. The van der Waals surface area contributed by atoms with Crippen LogP contribution in [0, 0.1) is 6.92 Å². The van der Waals surface area contributed by atoms with Crippen LogP contribution in [-0.4, -0.2) is 67.1 Å². The maximum absolute atomic E-state index is 5.75. The molecule has 1 unspecified atom stereocenters. The molecule has 1 saturated heterocycles. The smallest absolute Gasteiger partial charge is 0.221 e. The van der Waals surface area contributed by atoms with Crippen LogP contribution < -0.4 is 0 Å². The first-order chi connectivity index (χ1) is 16.2. The lowest BCUT2D eigenvalue weighted by atomic mass is 10.1.